The van der Waals surface area contributed by atoms with E-state index in [0.29, 0.717) is 6.42 Å². The zero-order valence-electron chi connectivity index (χ0n) is 6.62. The van der Waals surface area contributed by atoms with Crippen molar-refractivity contribution in [1.29, 1.82) is 0 Å². The fourth-order valence-electron chi connectivity index (χ4n) is 1.32. The Morgan fingerprint density at radius 1 is 1.64 bits per heavy atom. The van der Waals surface area contributed by atoms with Gasteiger partial charge in [0.25, 0.3) is 0 Å². The van der Waals surface area contributed by atoms with Crippen LogP contribution in [0.25, 0.3) is 0 Å². The van der Waals surface area contributed by atoms with Crippen LogP contribution in [0.1, 0.15) is 32.1 Å². The maximum Gasteiger partial charge on any atom is 0.320 e. The molecule has 1 aliphatic rings. The quantitative estimate of drug-likeness (QED) is 0.639. The number of hydrogen-bond donors (Lipinski definition) is 2. The van der Waals surface area contributed by atoms with Crippen LogP contribution in [-0.4, -0.2) is 17.1 Å². The lowest BCUT2D eigenvalue weighted by Gasteiger charge is -2.25. The molecule has 3 heteroatoms. The van der Waals surface area contributed by atoms with Crippen molar-refractivity contribution in [1.82, 2.24) is 0 Å². The van der Waals surface area contributed by atoms with E-state index in [0.717, 1.165) is 12.3 Å². The smallest absolute Gasteiger partial charge is 0.320 e. The molecular weight excluding hydrogens is 142 g/mol. The number of carboxylic acids is 1. The minimum absolute atomic E-state index is 0.639. The summed E-state index contributed by atoms with van der Waals surface area (Å²) in [5.74, 6) is -0.107. The molecule has 0 aromatic rings. The molecule has 0 amide bonds. The number of carbonyl (C=O) groups is 1. The Balaban J connectivity index is 2.05. The van der Waals surface area contributed by atoms with E-state index in [1.54, 1.807) is 0 Å². The Labute approximate surface area is 66.6 Å². The van der Waals surface area contributed by atoms with Gasteiger partial charge in [0.1, 0.15) is 6.04 Å². The van der Waals surface area contributed by atoms with Crippen molar-refractivity contribution in [3.63, 3.8) is 0 Å². The van der Waals surface area contributed by atoms with Gasteiger partial charge in [0.2, 0.25) is 0 Å². The number of hydrogen-bond acceptors (Lipinski definition) is 2. The van der Waals surface area contributed by atoms with Gasteiger partial charge in [-0.1, -0.05) is 19.3 Å². The zero-order valence-corrected chi connectivity index (χ0v) is 6.62. The third kappa shape index (κ3) is 2.50. The molecule has 1 rings (SSSR count). The van der Waals surface area contributed by atoms with Crippen LogP contribution in [0.5, 0.6) is 0 Å². The highest BCUT2D eigenvalue weighted by molar-refractivity contribution is 5.72. The van der Waals surface area contributed by atoms with Crippen LogP contribution in [0.15, 0.2) is 0 Å². The summed E-state index contributed by atoms with van der Waals surface area (Å²) < 4.78 is 0. The summed E-state index contributed by atoms with van der Waals surface area (Å²) in [5.41, 5.74) is 5.34. The van der Waals surface area contributed by atoms with Crippen LogP contribution in [0, 0.1) is 5.92 Å². The minimum Gasteiger partial charge on any atom is -0.480 e. The van der Waals surface area contributed by atoms with E-state index < -0.39 is 12.0 Å². The highest BCUT2D eigenvalue weighted by Gasteiger charge is 2.19. The van der Waals surface area contributed by atoms with E-state index in [4.69, 9.17) is 10.8 Å². The Kier molecular flexibility index (Phi) is 2.88. The van der Waals surface area contributed by atoms with Gasteiger partial charge in [-0.05, 0) is 18.8 Å². The monoisotopic (exact) mass is 157 g/mol. The number of rotatable bonds is 4. The second kappa shape index (κ2) is 3.72. The second-order valence-corrected chi connectivity index (χ2v) is 3.32. The van der Waals surface area contributed by atoms with Gasteiger partial charge in [-0.25, -0.2) is 0 Å². The molecule has 0 aromatic carbocycles. The van der Waals surface area contributed by atoms with E-state index in [-0.39, 0.29) is 0 Å². The topological polar surface area (TPSA) is 63.3 Å². The molecule has 1 saturated carbocycles. The largest absolute Gasteiger partial charge is 0.480 e. The summed E-state index contributed by atoms with van der Waals surface area (Å²) in [4.78, 5) is 10.3. The van der Waals surface area contributed by atoms with Gasteiger partial charge in [-0.15, -0.1) is 0 Å². The lowest BCUT2D eigenvalue weighted by Crippen LogP contribution is -2.31. The van der Waals surface area contributed by atoms with Crippen molar-refractivity contribution < 1.29 is 9.90 Å². The van der Waals surface area contributed by atoms with Crippen molar-refractivity contribution in [3.8, 4) is 0 Å². The lowest BCUT2D eigenvalue weighted by molar-refractivity contribution is -0.138. The molecular formula is C8H15NO2. The molecule has 0 spiro atoms. The SMILES string of the molecule is N[C@@H](CCC1CCC1)C(=O)O. The molecule has 0 unspecified atom stereocenters. The van der Waals surface area contributed by atoms with Gasteiger partial charge in [0.15, 0.2) is 0 Å². The second-order valence-electron chi connectivity index (χ2n) is 3.32. The molecule has 3 N–H and O–H groups in total. The van der Waals surface area contributed by atoms with Crippen LogP contribution in [-0.2, 0) is 4.79 Å². The van der Waals surface area contributed by atoms with Gasteiger partial charge < -0.3 is 10.8 Å². The standard InChI is InChI=1S/C8H15NO2/c9-7(8(10)11)5-4-6-2-1-3-6/h6-7H,1-5,9H2,(H,10,11)/t7-/m0/s1. The third-order valence-electron chi connectivity index (χ3n) is 2.43. The molecule has 11 heavy (non-hydrogen) atoms. The van der Waals surface area contributed by atoms with Gasteiger partial charge in [-0.2, -0.15) is 0 Å². The molecule has 1 aliphatic carbocycles. The first-order valence-electron chi connectivity index (χ1n) is 4.18. The maximum absolute atomic E-state index is 10.3. The molecule has 0 bridgehead atoms. The third-order valence-corrected chi connectivity index (χ3v) is 2.43. The minimum atomic E-state index is -0.871. The van der Waals surface area contributed by atoms with Crippen molar-refractivity contribution in [2.75, 3.05) is 0 Å². The Hall–Kier alpha value is -0.570. The van der Waals surface area contributed by atoms with Gasteiger partial charge >= 0.3 is 5.97 Å². The first-order valence-corrected chi connectivity index (χ1v) is 4.18. The normalized spacial score (nSPS) is 20.8. The summed E-state index contributed by atoms with van der Waals surface area (Å²) in [7, 11) is 0. The predicted octanol–water partition coefficient (Wildman–Crippen LogP) is 0.979. The molecule has 64 valence electrons. The van der Waals surface area contributed by atoms with E-state index in [9.17, 15) is 4.79 Å². The van der Waals surface area contributed by atoms with Crippen LogP contribution in [0.3, 0.4) is 0 Å². The van der Waals surface area contributed by atoms with Gasteiger partial charge in [0.05, 0.1) is 0 Å². The summed E-state index contributed by atoms with van der Waals surface area (Å²) in [6.45, 7) is 0. The van der Waals surface area contributed by atoms with E-state index in [1.807, 2.05) is 0 Å². The number of aliphatic carboxylic acids is 1. The summed E-state index contributed by atoms with van der Waals surface area (Å²) in [6.07, 6.45) is 5.49. The average Bonchev–Trinajstić information content (AvgIpc) is 1.83. The van der Waals surface area contributed by atoms with E-state index in [2.05, 4.69) is 0 Å². The molecule has 0 aromatic heterocycles. The Bertz CT molecular complexity index is 143. The van der Waals surface area contributed by atoms with Gasteiger partial charge in [-0.3, -0.25) is 4.79 Å². The summed E-state index contributed by atoms with van der Waals surface area (Å²) >= 11 is 0. The Morgan fingerprint density at radius 2 is 2.27 bits per heavy atom. The highest BCUT2D eigenvalue weighted by atomic mass is 16.4. The van der Waals surface area contributed by atoms with Crippen molar-refractivity contribution in [2.24, 2.45) is 11.7 Å². The van der Waals surface area contributed by atoms with Gasteiger partial charge in [0, 0.05) is 0 Å². The van der Waals surface area contributed by atoms with Crippen LogP contribution < -0.4 is 5.73 Å². The first-order chi connectivity index (χ1) is 5.20. The van der Waals surface area contributed by atoms with E-state index >= 15 is 0 Å². The number of nitrogens with two attached hydrogens (primary N) is 1. The number of carboxylic acid groups (broad SMARTS) is 1. The predicted molar refractivity (Wildman–Crippen MR) is 42.2 cm³/mol. The van der Waals surface area contributed by atoms with E-state index in [1.165, 1.54) is 19.3 Å². The molecule has 3 nitrogen and oxygen atoms in total. The summed E-state index contributed by atoms with van der Waals surface area (Å²) in [6, 6.07) is -0.643. The zero-order chi connectivity index (χ0) is 8.27. The molecule has 1 fully saturated rings. The van der Waals surface area contributed by atoms with Crippen molar-refractivity contribution in [3.05, 3.63) is 0 Å². The van der Waals surface area contributed by atoms with Crippen LogP contribution >= 0.6 is 0 Å². The highest BCUT2D eigenvalue weighted by Crippen LogP contribution is 2.30. The fraction of sp³-hybridized carbons (Fsp3) is 0.875. The molecule has 1 atom stereocenters. The first kappa shape index (κ1) is 8.53. The maximum atomic E-state index is 10.3. The van der Waals surface area contributed by atoms with Crippen molar-refractivity contribution >= 4 is 5.97 Å². The molecule has 0 aliphatic heterocycles. The van der Waals surface area contributed by atoms with Crippen molar-refractivity contribution in [2.45, 2.75) is 38.1 Å². The average molecular weight is 157 g/mol. The van der Waals surface area contributed by atoms with Crippen LogP contribution in [0.4, 0.5) is 0 Å². The fourth-order valence-corrected chi connectivity index (χ4v) is 1.32. The Morgan fingerprint density at radius 3 is 2.64 bits per heavy atom. The molecule has 0 heterocycles. The molecule has 0 radical (unpaired) electrons. The van der Waals surface area contributed by atoms with Crippen LogP contribution in [0.2, 0.25) is 0 Å². The molecule has 0 saturated heterocycles. The summed E-state index contributed by atoms with van der Waals surface area (Å²) in [5, 5.41) is 8.46. The lowest BCUT2D eigenvalue weighted by atomic mass is 9.81.